The summed E-state index contributed by atoms with van der Waals surface area (Å²) < 4.78 is 38.7. The van der Waals surface area contributed by atoms with Crippen molar-refractivity contribution in [3.63, 3.8) is 0 Å². The average molecular weight is 480 g/mol. The summed E-state index contributed by atoms with van der Waals surface area (Å²) in [5.41, 5.74) is 0.730. The molecule has 8 nitrogen and oxygen atoms in total. The van der Waals surface area contributed by atoms with E-state index in [9.17, 15) is 13.2 Å². The summed E-state index contributed by atoms with van der Waals surface area (Å²) in [5, 5.41) is 3.85. The smallest absolute Gasteiger partial charge is 0.243 e. The van der Waals surface area contributed by atoms with Gasteiger partial charge in [0, 0.05) is 36.2 Å². The summed E-state index contributed by atoms with van der Waals surface area (Å²) >= 11 is 7.21. The normalized spacial score (nSPS) is 17.2. The van der Waals surface area contributed by atoms with E-state index in [0.29, 0.717) is 34.5 Å². The Labute approximate surface area is 187 Å². The highest BCUT2D eigenvalue weighted by molar-refractivity contribution is 7.89. The van der Waals surface area contributed by atoms with Crippen LogP contribution in [0.25, 0.3) is 10.2 Å². The summed E-state index contributed by atoms with van der Waals surface area (Å²) in [7, 11) is -3.60. The zero-order valence-corrected chi connectivity index (χ0v) is 18.6. The first-order valence-electron chi connectivity index (χ1n) is 9.67. The van der Waals surface area contributed by atoms with Crippen LogP contribution in [-0.4, -0.2) is 43.5 Å². The van der Waals surface area contributed by atoms with Gasteiger partial charge < -0.3 is 14.8 Å². The number of sulfonamides is 1. The molecule has 0 unspecified atom stereocenters. The number of hydrogen-bond acceptors (Lipinski definition) is 7. The topological polar surface area (TPSA) is 97.8 Å². The number of rotatable bonds is 4. The zero-order valence-electron chi connectivity index (χ0n) is 16.2. The number of fused-ring (bicyclic) bond motifs is 2. The van der Waals surface area contributed by atoms with E-state index in [1.807, 2.05) is 6.07 Å². The largest absolute Gasteiger partial charge is 0.454 e. The molecular formula is C20H18ClN3O5S2. The van der Waals surface area contributed by atoms with Gasteiger partial charge in [-0.3, -0.25) is 4.79 Å². The molecule has 0 spiro atoms. The second-order valence-electron chi connectivity index (χ2n) is 7.31. The van der Waals surface area contributed by atoms with Crippen LogP contribution < -0.4 is 14.8 Å². The Bertz CT molecular complexity index is 1210. The molecule has 31 heavy (non-hydrogen) atoms. The van der Waals surface area contributed by atoms with Crippen molar-refractivity contribution in [3.05, 3.63) is 41.4 Å². The van der Waals surface area contributed by atoms with Crippen molar-refractivity contribution in [2.75, 3.05) is 25.2 Å². The second-order valence-corrected chi connectivity index (χ2v) is 10.7. The predicted octanol–water partition coefficient (Wildman–Crippen LogP) is 3.72. The first-order valence-corrected chi connectivity index (χ1v) is 12.3. The van der Waals surface area contributed by atoms with Gasteiger partial charge in [0.05, 0.1) is 15.1 Å². The summed E-state index contributed by atoms with van der Waals surface area (Å²) in [6.45, 7) is 0.761. The first kappa shape index (κ1) is 20.5. The summed E-state index contributed by atoms with van der Waals surface area (Å²) in [6, 6.07) is 9.75. The third kappa shape index (κ3) is 3.96. The van der Waals surface area contributed by atoms with Gasteiger partial charge in [-0.05, 0) is 37.1 Å². The third-order valence-electron chi connectivity index (χ3n) is 5.39. The number of piperidine rings is 1. The molecule has 1 N–H and O–H groups in total. The molecule has 3 heterocycles. The number of benzene rings is 2. The minimum Gasteiger partial charge on any atom is -0.454 e. The molecule has 0 saturated carbocycles. The lowest BCUT2D eigenvalue weighted by molar-refractivity contribution is -0.120. The monoisotopic (exact) mass is 479 g/mol. The van der Waals surface area contributed by atoms with Crippen molar-refractivity contribution < 1.29 is 22.7 Å². The zero-order chi connectivity index (χ0) is 21.6. The van der Waals surface area contributed by atoms with Crippen molar-refractivity contribution in [2.45, 2.75) is 17.7 Å². The molecule has 1 saturated heterocycles. The number of amides is 1. The lowest BCUT2D eigenvalue weighted by Crippen LogP contribution is -2.41. The van der Waals surface area contributed by atoms with Crippen LogP contribution in [0.15, 0.2) is 41.3 Å². The van der Waals surface area contributed by atoms with Crippen LogP contribution >= 0.6 is 22.9 Å². The highest BCUT2D eigenvalue weighted by Crippen LogP contribution is 2.39. The SMILES string of the molecule is O=C(Nc1nc2cc3c(cc2s1)OCO3)C1CCN(S(=O)(=O)c2ccc(Cl)cc2)CC1. The van der Waals surface area contributed by atoms with Gasteiger partial charge in [0.2, 0.25) is 22.7 Å². The number of hydrogen-bond donors (Lipinski definition) is 1. The molecule has 0 atom stereocenters. The molecule has 5 rings (SSSR count). The number of halogens is 1. The number of ether oxygens (including phenoxy) is 2. The maximum Gasteiger partial charge on any atom is 0.243 e. The average Bonchev–Trinajstić information content (AvgIpc) is 3.37. The lowest BCUT2D eigenvalue weighted by Gasteiger charge is -2.30. The van der Waals surface area contributed by atoms with Crippen LogP contribution in [-0.2, 0) is 14.8 Å². The Balaban J connectivity index is 1.23. The standard InChI is InChI=1S/C20H18ClN3O5S2/c21-13-1-3-14(4-2-13)31(26,27)24-7-5-12(6-8-24)19(25)23-20-22-15-9-16-17(29-11-28-16)10-18(15)30-20/h1-4,9-10,12H,5-8,11H2,(H,22,23,25). The van der Waals surface area contributed by atoms with Gasteiger partial charge in [0.25, 0.3) is 0 Å². The molecule has 1 amide bonds. The fourth-order valence-electron chi connectivity index (χ4n) is 3.69. The fraction of sp³-hybridized carbons (Fsp3) is 0.300. The number of anilines is 1. The van der Waals surface area contributed by atoms with E-state index in [1.165, 1.54) is 27.8 Å². The first-order chi connectivity index (χ1) is 14.9. The van der Waals surface area contributed by atoms with Gasteiger partial charge >= 0.3 is 0 Å². The number of nitrogens with zero attached hydrogens (tertiary/aromatic N) is 2. The van der Waals surface area contributed by atoms with Crippen LogP contribution in [0.3, 0.4) is 0 Å². The maximum absolute atomic E-state index is 12.8. The van der Waals surface area contributed by atoms with Crippen LogP contribution in [0.2, 0.25) is 5.02 Å². The third-order valence-corrected chi connectivity index (χ3v) is 8.49. The number of nitrogens with one attached hydrogen (secondary N) is 1. The Morgan fingerprint density at radius 2 is 1.81 bits per heavy atom. The Morgan fingerprint density at radius 3 is 2.52 bits per heavy atom. The molecule has 1 aromatic heterocycles. The fourth-order valence-corrected chi connectivity index (χ4v) is 6.17. The minimum absolute atomic E-state index is 0.150. The molecule has 0 aliphatic carbocycles. The number of carbonyl (C=O) groups excluding carboxylic acids is 1. The van der Waals surface area contributed by atoms with Crippen molar-refractivity contribution in [3.8, 4) is 11.5 Å². The second kappa shape index (κ2) is 7.94. The summed E-state index contributed by atoms with van der Waals surface area (Å²) in [5.74, 6) is 0.885. The van der Waals surface area contributed by atoms with Crippen molar-refractivity contribution >= 4 is 54.2 Å². The Morgan fingerprint density at radius 1 is 1.13 bits per heavy atom. The Kier molecular flexibility index (Phi) is 5.25. The summed E-state index contributed by atoms with van der Waals surface area (Å²) in [6.07, 6.45) is 0.888. The molecule has 0 bridgehead atoms. The summed E-state index contributed by atoms with van der Waals surface area (Å²) in [4.78, 5) is 17.4. The minimum atomic E-state index is -3.60. The van der Waals surface area contributed by atoms with Crippen LogP contribution in [0.1, 0.15) is 12.8 Å². The van der Waals surface area contributed by atoms with Gasteiger partial charge in [-0.2, -0.15) is 4.31 Å². The Hall–Kier alpha value is -2.40. The predicted molar refractivity (Wildman–Crippen MR) is 117 cm³/mol. The van der Waals surface area contributed by atoms with E-state index in [2.05, 4.69) is 10.3 Å². The van der Waals surface area contributed by atoms with Gasteiger partial charge in [-0.1, -0.05) is 22.9 Å². The van der Waals surface area contributed by atoms with E-state index >= 15 is 0 Å². The quantitative estimate of drug-likeness (QED) is 0.612. The molecule has 1 fully saturated rings. The van der Waals surface area contributed by atoms with Crippen LogP contribution in [0, 0.1) is 5.92 Å². The number of aromatic nitrogens is 1. The van der Waals surface area contributed by atoms with Crippen LogP contribution in [0.5, 0.6) is 11.5 Å². The van der Waals surface area contributed by atoms with Gasteiger partial charge in [0.15, 0.2) is 16.6 Å². The van der Waals surface area contributed by atoms with E-state index in [4.69, 9.17) is 21.1 Å². The molecule has 3 aromatic rings. The molecule has 0 radical (unpaired) electrons. The van der Waals surface area contributed by atoms with E-state index < -0.39 is 10.0 Å². The van der Waals surface area contributed by atoms with Gasteiger partial charge in [-0.15, -0.1) is 0 Å². The molecule has 2 aliphatic rings. The van der Waals surface area contributed by atoms with Crippen LogP contribution in [0.4, 0.5) is 5.13 Å². The van der Waals surface area contributed by atoms with E-state index in [-0.39, 0.29) is 36.6 Å². The highest BCUT2D eigenvalue weighted by atomic mass is 35.5. The molecule has 11 heteroatoms. The van der Waals surface area contributed by atoms with Gasteiger partial charge in [0.1, 0.15) is 0 Å². The molecule has 2 aromatic carbocycles. The van der Waals surface area contributed by atoms with E-state index in [0.717, 1.165) is 10.2 Å². The van der Waals surface area contributed by atoms with Crippen molar-refractivity contribution in [1.29, 1.82) is 0 Å². The molecule has 162 valence electrons. The molecular weight excluding hydrogens is 462 g/mol. The number of carbonyl (C=O) groups is 1. The lowest BCUT2D eigenvalue weighted by atomic mass is 9.97. The highest BCUT2D eigenvalue weighted by Gasteiger charge is 2.32. The van der Waals surface area contributed by atoms with Crippen molar-refractivity contribution in [2.24, 2.45) is 5.92 Å². The van der Waals surface area contributed by atoms with Gasteiger partial charge in [-0.25, -0.2) is 13.4 Å². The molecule has 2 aliphatic heterocycles. The maximum atomic E-state index is 12.8. The van der Waals surface area contributed by atoms with Crippen molar-refractivity contribution in [1.82, 2.24) is 9.29 Å². The van der Waals surface area contributed by atoms with E-state index in [1.54, 1.807) is 18.2 Å². The number of thiazole rings is 1.